The molecule has 1 aliphatic heterocycles. The number of amides is 1. The van der Waals surface area contributed by atoms with E-state index in [0.717, 1.165) is 19.3 Å². The van der Waals surface area contributed by atoms with E-state index in [9.17, 15) is 14.0 Å². The maximum Gasteiger partial charge on any atom is 0.281 e. The molecule has 0 unspecified atom stereocenters. The van der Waals surface area contributed by atoms with Crippen LogP contribution in [0.2, 0.25) is 0 Å². The lowest BCUT2D eigenvalue weighted by Crippen LogP contribution is -2.35. The lowest BCUT2D eigenvalue weighted by molar-refractivity contribution is -0.102. The van der Waals surface area contributed by atoms with Crippen molar-refractivity contribution in [1.82, 2.24) is 9.63 Å². The van der Waals surface area contributed by atoms with E-state index in [1.54, 1.807) is 16.7 Å². The molecule has 0 bridgehead atoms. The summed E-state index contributed by atoms with van der Waals surface area (Å²) in [6.07, 6.45) is 3.19. The number of aromatic nitrogens is 1. The van der Waals surface area contributed by atoms with Gasteiger partial charge in [0.15, 0.2) is 0 Å². The summed E-state index contributed by atoms with van der Waals surface area (Å²) >= 11 is 3.22. The molecular weight excluding hydrogens is 417 g/mol. The average molecular weight is 436 g/mol. The van der Waals surface area contributed by atoms with Gasteiger partial charge in [-0.3, -0.25) is 14.4 Å². The zero-order chi connectivity index (χ0) is 19.1. The predicted octanol–water partition coefficient (Wildman–Crippen LogP) is 3.61. The maximum absolute atomic E-state index is 14.3. The molecule has 1 aromatic heterocycles. The Balaban J connectivity index is 1.82. The number of benzene rings is 1. The van der Waals surface area contributed by atoms with Gasteiger partial charge < -0.3 is 9.88 Å². The Labute approximate surface area is 164 Å². The van der Waals surface area contributed by atoms with Crippen LogP contribution in [0.4, 0.5) is 15.8 Å². The largest absolute Gasteiger partial charge is 0.352 e. The molecular formula is C19H19BrFN3O3. The maximum atomic E-state index is 14.3. The highest BCUT2D eigenvalue weighted by molar-refractivity contribution is 9.10. The molecule has 2 aromatic rings. The lowest BCUT2D eigenvalue weighted by atomic mass is 10.1. The van der Waals surface area contributed by atoms with Gasteiger partial charge in [0.1, 0.15) is 5.82 Å². The smallest absolute Gasteiger partial charge is 0.281 e. The van der Waals surface area contributed by atoms with Crippen molar-refractivity contribution >= 4 is 33.2 Å². The van der Waals surface area contributed by atoms with Gasteiger partial charge in [0.2, 0.25) is 0 Å². The summed E-state index contributed by atoms with van der Waals surface area (Å²) in [6, 6.07) is 6.00. The topological polar surface area (TPSA) is 63.6 Å². The average Bonchev–Trinajstić information content (AvgIpc) is 3.33. The molecule has 6 nitrogen and oxygen atoms in total. The van der Waals surface area contributed by atoms with Gasteiger partial charge in [-0.15, -0.1) is 0 Å². The summed E-state index contributed by atoms with van der Waals surface area (Å²) in [7, 11) is 1.47. The van der Waals surface area contributed by atoms with E-state index < -0.39 is 5.82 Å². The van der Waals surface area contributed by atoms with Gasteiger partial charge in [0.25, 0.3) is 11.5 Å². The highest BCUT2D eigenvalue weighted by Crippen LogP contribution is 2.33. The Bertz CT molecular complexity index is 971. The first-order valence-electron chi connectivity index (χ1n) is 8.86. The quantitative estimate of drug-likeness (QED) is 0.728. The second-order valence-corrected chi connectivity index (χ2v) is 7.68. The molecule has 1 aliphatic carbocycles. The highest BCUT2D eigenvalue weighted by Gasteiger charge is 2.37. The first-order valence-corrected chi connectivity index (χ1v) is 9.65. The van der Waals surface area contributed by atoms with Gasteiger partial charge in [-0.05, 0) is 43.9 Å². The molecule has 0 spiro atoms. The van der Waals surface area contributed by atoms with Crippen LogP contribution in [0.3, 0.4) is 0 Å². The van der Waals surface area contributed by atoms with Gasteiger partial charge in [0, 0.05) is 22.8 Å². The number of nitrogens with one attached hydrogen (secondary N) is 1. The van der Waals surface area contributed by atoms with Crippen molar-refractivity contribution < 1.29 is 14.0 Å². The van der Waals surface area contributed by atoms with E-state index in [-0.39, 0.29) is 23.2 Å². The Kier molecular flexibility index (Phi) is 4.77. The van der Waals surface area contributed by atoms with Crippen LogP contribution < -0.4 is 10.9 Å². The number of fused-ring (bicyclic) bond motifs is 1. The molecule has 2 heterocycles. The molecule has 0 radical (unpaired) electrons. The summed E-state index contributed by atoms with van der Waals surface area (Å²) < 4.78 is 16.5. The minimum atomic E-state index is -0.478. The summed E-state index contributed by atoms with van der Waals surface area (Å²) in [6.45, 7) is 0.581. The van der Waals surface area contributed by atoms with E-state index >= 15 is 0 Å². The van der Waals surface area contributed by atoms with E-state index in [0.29, 0.717) is 34.4 Å². The molecule has 1 N–H and O–H groups in total. The van der Waals surface area contributed by atoms with E-state index in [1.165, 1.54) is 24.3 Å². The summed E-state index contributed by atoms with van der Waals surface area (Å²) in [5, 5.41) is 4.31. The Morgan fingerprint density at radius 2 is 2.11 bits per heavy atom. The standard InChI is InChI=1S/C19H19BrFN3O3/c1-27-24(12-5-6-12)19(26)18-15(10-17(25)23-8-2-3-16(18)23)22-14-7-4-11(20)9-13(14)21/h4,7,9-10,12,22H,2-3,5-6,8H2,1H3. The van der Waals surface area contributed by atoms with Crippen molar-refractivity contribution in [3.63, 3.8) is 0 Å². The number of rotatable bonds is 5. The number of hydrogen-bond acceptors (Lipinski definition) is 4. The van der Waals surface area contributed by atoms with Crippen molar-refractivity contribution in [2.75, 3.05) is 12.4 Å². The van der Waals surface area contributed by atoms with Gasteiger partial charge in [0.05, 0.1) is 30.1 Å². The number of hydrogen-bond donors (Lipinski definition) is 1. The molecule has 4 rings (SSSR count). The number of nitrogens with zero attached hydrogens (tertiary/aromatic N) is 2. The molecule has 1 aromatic carbocycles. The molecule has 27 heavy (non-hydrogen) atoms. The van der Waals surface area contributed by atoms with E-state index in [2.05, 4.69) is 21.2 Å². The number of hydroxylamine groups is 2. The van der Waals surface area contributed by atoms with Gasteiger partial charge in [-0.1, -0.05) is 15.9 Å². The van der Waals surface area contributed by atoms with Crippen LogP contribution in [0, 0.1) is 5.82 Å². The molecule has 8 heteroatoms. The highest BCUT2D eigenvalue weighted by atomic mass is 79.9. The SMILES string of the molecule is CON(C(=O)c1c(Nc2ccc(Br)cc2F)cc(=O)n2c1CCC2)C1CC1. The van der Waals surface area contributed by atoms with Crippen LogP contribution in [-0.2, 0) is 17.8 Å². The molecule has 0 atom stereocenters. The second-order valence-electron chi connectivity index (χ2n) is 6.77. The van der Waals surface area contributed by atoms with E-state index in [4.69, 9.17) is 4.84 Å². The zero-order valence-electron chi connectivity index (χ0n) is 14.8. The molecule has 2 aliphatic rings. The number of pyridine rings is 1. The third kappa shape index (κ3) is 3.39. The van der Waals surface area contributed by atoms with Crippen LogP contribution >= 0.6 is 15.9 Å². The van der Waals surface area contributed by atoms with Crippen molar-refractivity contribution in [2.24, 2.45) is 0 Å². The fraction of sp³-hybridized carbons (Fsp3) is 0.368. The first kappa shape index (κ1) is 18.2. The third-order valence-corrected chi connectivity index (χ3v) is 5.40. The number of anilines is 2. The van der Waals surface area contributed by atoms with Gasteiger partial charge >= 0.3 is 0 Å². The van der Waals surface area contributed by atoms with Gasteiger partial charge in [-0.2, -0.15) is 0 Å². The fourth-order valence-corrected chi connectivity index (χ4v) is 3.83. The van der Waals surface area contributed by atoms with Crippen molar-refractivity contribution in [2.45, 2.75) is 38.3 Å². The Morgan fingerprint density at radius 1 is 1.33 bits per heavy atom. The second kappa shape index (κ2) is 7.09. The monoisotopic (exact) mass is 435 g/mol. The Hall–Kier alpha value is -2.19. The number of carbonyl (C=O) groups is 1. The van der Waals surface area contributed by atoms with E-state index in [1.807, 2.05) is 0 Å². The predicted molar refractivity (Wildman–Crippen MR) is 103 cm³/mol. The summed E-state index contributed by atoms with van der Waals surface area (Å²) in [5.74, 6) is -0.778. The van der Waals surface area contributed by atoms with Crippen LogP contribution in [0.15, 0.2) is 33.5 Å². The fourth-order valence-electron chi connectivity index (χ4n) is 3.50. The molecule has 1 fully saturated rings. The van der Waals surface area contributed by atoms with Gasteiger partial charge in [-0.25, -0.2) is 9.45 Å². The first-order chi connectivity index (χ1) is 13.0. The Morgan fingerprint density at radius 3 is 2.78 bits per heavy atom. The van der Waals surface area contributed by atoms with Crippen LogP contribution in [0.25, 0.3) is 0 Å². The minimum absolute atomic E-state index is 0.0498. The van der Waals surface area contributed by atoms with Crippen LogP contribution in [-0.4, -0.2) is 28.7 Å². The minimum Gasteiger partial charge on any atom is -0.352 e. The number of carbonyl (C=O) groups excluding carboxylic acids is 1. The summed E-state index contributed by atoms with van der Waals surface area (Å²) in [4.78, 5) is 31.0. The summed E-state index contributed by atoms with van der Waals surface area (Å²) in [5.41, 5.74) is 1.36. The molecule has 142 valence electrons. The zero-order valence-corrected chi connectivity index (χ0v) is 16.4. The van der Waals surface area contributed by atoms with Crippen molar-refractivity contribution in [1.29, 1.82) is 0 Å². The normalized spacial score (nSPS) is 15.5. The van der Waals surface area contributed by atoms with Crippen molar-refractivity contribution in [3.05, 3.63) is 56.2 Å². The molecule has 1 amide bonds. The number of halogens is 2. The molecule has 0 saturated heterocycles. The third-order valence-electron chi connectivity index (χ3n) is 4.90. The lowest BCUT2D eigenvalue weighted by Gasteiger charge is -2.23. The molecule has 1 saturated carbocycles. The van der Waals surface area contributed by atoms with Crippen LogP contribution in [0.5, 0.6) is 0 Å². The van der Waals surface area contributed by atoms with Crippen LogP contribution in [0.1, 0.15) is 35.3 Å². The van der Waals surface area contributed by atoms with Crippen molar-refractivity contribution in [3.8, 4) is 0 Å².